The number of carbonyl (C=O) groups is 1. The molecule has 0 amide bonds. The Bertz CT molecular complexity index is 849. The fourth-order valence-electron chi connectivity index (χ4n) is 3.02. The van der Waals surface area contributed by atoms with Crippen LogP contribution < -0.4 is 5.32 Å². The summed E-state index contributed by atoms with van der Waals surface area (Å²) in [6, 6.07) is 15.5. The van der Waals surface area contributed by atoms with Crippen molar-refractivity contribution in [3.63, 3.8) is 0 Å². The number of rotatable bonds is 4. The van der Waals surface area contributed by atoms with E-state index in [0.717, 1.165) is 27.7 Å². The van der Waals surface area contributed by atoms with E-state index in [-0.39, 0.29) is 0 Å². The van der Waals surface area contributed by atoms with Gasteiger partial charge in [-0.25, -0.2) is 4.79 Å². The maximum absolute atomic E-state index is 11.9. The van der Waals surface area contributed by atoms with Gasteiger partial charge in [0.15, 0.2) is 0 Å². The number of hydrogen-bond donors (Lipinski definition) is 2. The van der Waals surface area contributed by atoms with Gasteiger partial charge in [-0.1, -0.05) is 42.5 Å². The van der Waals surface area contributed by atoms with E-state index in [2.05, 4.69) is 5.32 Å². The third kappa shape index (κ3) is 2.18. The first kappa shape index (κ1) is 14.4. The van der Waals surface area contributed by atoms with Gasteiger partial charge in [0.25, 0.3) is 0 Å². The van der Waals surface area contributed by atoms with E-state index < -0.39 is 5.97 Å². The van der Waals surface area contributed by atoms with Gasteiger partial charge in [0, 0.05) is 30.1 Å². The third-order valence-electron chi connectivity index (χ3n) is 3.96. The van der Waals surface area contributed by atoms with Crippen LogP contribution in [-0.2, 0) is 13.6 Å². The molecule has 0 fully saturated rings. The van der Waals surface area contributed by atoms with Crippen LogP contribution in [0.5, 0.6) is 0 Å². The van der Waals surface area contributed by atoms with Crippen LogP contribution in [0.4, 0.5) is 0 Å². The van der Waals surface area contributed by atoms with E-state index in [1.54, 1.807) is 0 Å². The van der Waals surface area contributed by atoms with Crippen molar-refractivity contribution in [3.8, 4) is 11.3 Å². The number of aromatic nitrogens is 1. The molecule has 0 unspecified atom stereocenters. The van der Waals surface area contributed by atoms with Crippen LogP contribution in [0.2, 0.25) is 0 Å². The topological polar surface area (TPSA) is 54.3 Å². The fourth-order valence-corrected chi connectivity index (χ4v) is 3.02. The Morgan fingerprint density at radius 2 is 1.82 bits per heavy atom. The number of benzene rings is 2. The predicted molar refractivity (Wildman–Crippen MR) is 88.1 cm³/mol. The molecule has 112 valence electrons. The predicted octanol–water partition coefficient (Wildman–Crippen LogP) is 3.26. The molecule has 0 saturated heterocycles. The molecule has 1 aromatic heterocycles. The molecule has 0 aliphatic carbocycles. The lowest BCUT2D eigenvalue weighted by molar-refractivity contribution is 0.0699. The molecule has 0 aliphatic rings. The molecule has 0 aliphatic heterocycles. The second-order valence-corrected chi connectivity index (χ2v) is 5.29. The normalized spacial score (nSPS) is 11.0. The summed E-state index contributed by atoms with van der Waals surface area (Å²) in [7, 11) is 3.80. The summed E-state index contributed by atoms with van der Waals surface area (Å²) in [5.74, 6) is -0.897. The minimum absolute atomic E-state index is 0.363. The second-order valence-electron chi connectivity index (χ2n) is 5.29. The Morgan fingerprint density at radius 1 is 1.14 bits per heavy atom. The van der Waals surface area contributed by atoms with Gasteiger partial charge in [0.1, 0.15) is 0 Å². The number of aromatic carboxylic acids is 1. The van der Waals surface area contributed by atoms with Crippen molar-refractivity contribution in [1.82, 2.24) is 9.88 Å². The first-order valence-electron chi connectivity index (χ1n) is 7.18. The number of carboxylic acid groups (broad SMARTS) is 1. The number of hydrogen-bond acceptors (Lipinski definition) is 2. The van der Waals surface area contributed by atoms with Crippen LogP contribution in [0, 0.1) is 0 Å². The van der Waals surface area contributed by atoms with Crippen molar-refractivity contribution >= 4 is 16.9 Å². The third-order valence-corrected chi connectivity index (χ3v) is 3.96. The van der Waals surface area contributed by atoms with E-state index in [1.165, 1.54) is 0 Å². The molecule has 2 aromatic carbocycles. The number of para-hydroxylation sites is 1. The summed E-state index contributed by atoms with van der Waals surface area (Å²) >= 11 is 0. The molecule has 22 heavy (non-hydrogen) atoms. The van der Waals surface area contributed by atoms with E-state index in [9.17, 15) is 9.90 Å². The monoisotopic (exact) mass is 294 g/mol. The van der Waals surface area contributed by atoms with E-state index in [4.69, 9.17) is 0 Å². The number of nitrogens with one attached hydrogen (secondary N) is 1. The quantitative estimate of drug-likeness (QED) is 0.776. The summed E-state index contributed by atoms with van der Waals surface area (Å²) in [6.07, 6.45) is 0. The first-order valence-corrected chi connectivity index (χ1v) is 7.18. The van der Waals surface area contributed by atoms with Crippen molar-refractivity contribution in [1.29, 1.82) is 0 Å². The molecule has 4 nitrogen and oxygen atoms in total. The standard InChI is InChI=1S/C18H18N2O2/c1-19-11-12-7-3-4-8-13(12)17-16(18(21)22)14-9-5-6-10-15(14)20(17)2/h3-10,19H,11H2,1-2H3,(H,21,22). The Labute approximate surface area is 129 Å². The zero-order valence-electron chi connectivity index (χ0n) is 12.6. The lowest BCUT2D eigenvalue weighted by Gasteiger charge is -2.12. The van der Waals surface area contributed by atoms with Gasteiger partial charge in [-0.05, 0) is 18.7 Å². The smallest absolute Gasteiger partial charge is 0.338 e. The number of fused-ring (bicyclic) bond motifs is 1. The summed E-state index contributed by atoms with van der Waals surface area (Å²) in [6.45, 7) is 0.691. The average molecular weight is 294 g/mol. The molecule has 2 N–H and O–H groups in total. The van der Waals surface area contributed by atoms with Crippen molar-refractivity contribution in [2.75, 3.05) is 7.05 Å². The van der Waals surface area contributed by atoms with Gasteiger partial charge >= 0.3 is 5.97 Å². The molecule has 1 heterocycles. The highest BCUT2D eigenvalue weighted by Gasteiger charge is 2.22. The largest absolute Gasteiger partial charge is 0.478 e. The zero-order valence-corrected chi connectivity index (χ0v) is 12.6. The van der Waals surface area contributed by atoms with Crippen LogP contribution in [0.25, 0.3) is 22.2 Å². The van der Waals surface area contributed by atoms with Gasteiger partial charge in [-0.15, -0.1) is 0 Å². The minimum Gasteiger partial charge on any atom is -0.478 e. The molecule has 0 atom stereocenters. The highest BCUT2D eigenvalue weighted by molar-refractivity contribution is 6.10. The Kier molecular flexibility index (Phi) is 3.69. The number of carboxylic acids is 1. The van der Waals surface area contributed by atoms with E-state index >= 15 is 0 Å². The summed E-state index contributed by atoms with van der Waals surface area (Å²) in [4.78, 5) is 11.9. The van der Waals surface area contributed by atoms with Gasteiger partial charge < -0.3 is 15.0 Å². The van der Waals surface area contributed by atoms with Crippen molar-refractivity contribution in [2.24, 2.45) is 7.05 Å². The summed E-state index contributed by atoms with van der Waals surface area (Å²) in [5, 5.41) is 13.6. The molecule has 0 spiro atoms. The molecule has 3 rings (SSSR count). The Morgan fingerprint density at radius 3 is 2.55 bits per heavy atom. The highest BCUT2D eigenvalue weighted by atomic mass is 16.4. The Balaban J connectivity index is 2.38. The maximum atomic E-state index is 11.9. The highest BCUT2D eigenvalue weighted by Crippen LogP contribution is 2.34. The molecule has 0 bridgehead atoms. The number of nitrogens with zero attached hydrogens (tertiary/aromatic N) is 1. The summed E-state index contributed by atoms with van der Waals surface area (Å²) < 4.78 is 1.97. The van der Waals surface area contributed by atoms with Crippen LogP contribution in [-0.4, -0.2) is 22.7 Å². The Hall–Kier alpha value is -2.59. The van der Waals surface area contributed by atoms with Gasteiger partial charge in [0.05, 0.1) is 11.3 Å². The van der Waals surface area contributed by atoms with Gasteiger partial charge in [-0.2, -0.15) is 0 Å². The molecule has 3 aromatic rings. The van der Waals surface area contributed by atoms with Crippen LogP contribution in [0.3, 0.4) is 0 Å². The van der Waals surface area contributed by atoms with Crippen LogP contribution in [0.1, 0.15) is 15.9 Å². The molecule has 0 saturated carbocycles. The zero-order chi connectivity index (χ0) is 15.7. The SMILES string of the molecule is CNCc1ccccc1-c1c(C(=O)O)c2ccccc2n1C. The number of aryl methyl sites for hydroxylation is 1. The maximum Gasteiger partial charge on any atom is 0.338 e. The minimum atomic E-state index is -0.897. The van der Waals surface area contributed by atoms with Crippen molar-refractivity contribution in [3.05, 3.63) is 59.7 Å². The van der Waals surface area contributed by atoms with Crippen molar-refractivity contribution in [2.45, 2.75) is 6.54 Å². The van der Waals surface area contributed by atoms with E-state index in [1.807, 2.05) is 67.2 Å². The molecular weight excluding hydrogens is 276 g/mol. The second kappa shape index (κ2) is 5.66. The average Bonchev–Trinajstić information content (AvgIpc) is 2.82. The summed E-state index contributed by atoms with van der Waals surface area (Å²) in [5.41, 5.74) is 4.07. The first-order chi connectivity index (χ1) is 10.6. The van der Waals surface area contributed by atoms with Crippen LogP contribution in [0.15, 0.2) is 48.5 Å². The van der Waals surface area contributed by atoms with Gasteiger partial charge in [-0.3, -0.25) is 0 Å². The molecular formula is C18H18N2O2. The lowest BCUT2D eigenvalue weighted by Crippen LogP contribution is -2.08. The lowest BCUT2D eigenvalue weighted by atomic mass is 10.00. The fraction of sp³-hybridized carbons (Fsp3) is 0.167. The molecule has 0 radical (unpaired) electrons. The van der Waals surface area contributed by atoms with Crippen molar-refractivity contribution < 1.29 is 9.90 Å². The van der Waals surface area contributed by atoms with Gasteiger partial charge in [0.2, 0.25) is 0 Å². The van der Waals surface area contributed by atoms with E-state index in [0.29, 0.717) is 12.1 Å². The molecule has 4 heteroatoms. The van der Waals surface area contributed by atoms with Crippen LogP contribution >= 0.6 is 0 Å².